The number of aliphatic hydroxyl groups is 1. The third kappa shape index (κ3) is 2.67. The molecule has 0 bridgehead atoms. The predicted octanol–water partition coefficient (Wildman–Crippen LogP) is 2.61. The lowest BCUT2D eigenvalue weighted by Crippen LogP contribution is -1.95. The first-order valence-corrected chi connectivity index (χ1v) is 4.22. The van der Waals surface area contributed by atoms with E-state index in [0.29, 0.717) is 5.56 Å². The Morgan fingerprint density at radius 1 is 1.46 bits per heavy atom. The zero-order valence-corrected chi connectivity index (χ0v) is 7.79. The molecule has 2 heteroatoms. The number of benzene rings is 1. The van der Waals surface area contributed by atoms with Crippen LogP contribution in [0.5, 0.6) is 0 Å². The standard InChI is InChI=1S/C11H13FO/c1-8(7-9(2)13)10-5-3-4-6-11(10)12/h3-7,9,13H,1-2H3/b8-7-. The van der Waals surface area contributed by atoms with Crippen LogP contribution in [0.3, 0.4) is 0 Å². The van der Waals surface area contributed by atoms with Crippen LogP contribution in [0.2, 0.25) is 0 Å². The molecular formula is C11H13FO. The molecule has 0 saturated heterocycles. The largest absolute Gasteiger partial charge is 0.389 e. The van der Waals surface area contributed by atoms with Gasteiger partial charge in [-0.25, -0.2) is 4.39 Å². The van der Waals surface area contributed by atoms with Crippen molar-refractivity contribution >= 4 is 5.57 Å². The van der Waals surface area contributed by atoms with Crippen LogP contribution in [0.4, 0.5) is 4.39 Å². The van der Waals surface area contributed by atoms with Crippen LogP contribution in [0.25, 0.3) is 5.57 Å². The van der Waals surface area contributed by atoms with Crippen LogP contribution in [0.15, 0.2) is 30.3 Å². The average Bonchev–Trinajstić information content (AvgIpc) is 2.03. The SMILES string of the molecule is C/C(=C/C(C)O)c1ccccc1F. The molecule has 0 aliphatic rings. The van der Waals surface area contributed by atoms with Gasteiger partial charge in [-0.05, 0) is 25.5 Å². The van der Waals surface area contributed by atoms with Crippen molar-refractivity contribution in [2.24, 2.45) is 0 Å². The average molecular weight is 180 g/mol. The van der Waals surface area contributed by atoms with E-state index in [1.165, 1.54) is 6.07 Å². The summed E-state index contributed by atoms with van der Waals surface area (Å²) in [6, 6.07) is 6.53. The third-order valence-corrected chi connectivity index (χ3v) is 1.79. The molecule has 1 rings (SSSR count). The van der Waals surface area contributed by atoms with Gasteiger partial charge in [-0.15, -0.1) is 0 Å². The summed E-state index contributed by atoms with van der Waals surface area (Å²) in [6.07, 6.45) is 1.08. The van der Waals surface area contributed by atoms with E-state index >= 15 is 0 Å². The number of hydrogen-bond donors (Lipinski definition) is 1. The summed E-state index contributed by atoms with van der Waals surface area (Å²) in [4.78, 5) is 0. The Hall–Kier alpha value is -1.15. The molecule has 1 aromatic rings. The third-order valence-electron chi connectivity index (χ3n) is 1.79. The highest BCUT2D eigenvalue weighted by Gasteiger charge is 2.02. The maximum absolute atomic E-state index is 13.2. The van der Waals surface area contributed by atoms with Gasteiger partial charge in [-0.1, -0.05) is 24.3 Å². The number of halogens is 1. The number of hydrogen-bond acceptors (Lipinski definition) is 1. The Kier molecular flexibility index (Phi) is 3.20. The number of allylic oxidation sites excluding steroid dienone is 1. The summed E-state index contributed by atoms with van der Waals surface area (Å²) in [5.41, 5.74) is 1.30. The first kappa shape index (κ1) is 9.93. The van der Waals surface area contributed by atoms with Crippen LogP contribution >= 0.6 is 0 Å². The molecule has 1 aromatic carbocycles. The zero-order chi connectivity index (χ0) is 9.84. The molecule has 0 heterocycles. The Morgan fingerprint density at radius 2 is 2.08 bits per heavy atom. The van der Waals surface area contributed by atoms with Crippen molar-refractivity contribution in [3.8, 4) is 0 Å². The maximum Gasteiger partial charge on any atom is 0.130 e. The minimum Gasteiger partial charge on any atom is -0.389 e. The van der Waals surface area contributed by atoms with Gasteiger partial charge in [-0.2, -0.15) is 0 Å². The van der Waals surface area contributed by atoms with Gasteiger partial charge in [0.25, 0.3) is 0 Å². The van der Waals surface area contributed by atoms with Gasteiger partial charge >= 0.3 is 0 Å². The second-order valence-corrected chi connectivity index (χ2v) is 3.07. The van der Waals surface area contributed by atoms with Crippen LogP contribution in [0, 0.1) is 5.82 Å². The van der Waals surface area contributed by atoms with Crippen molar-refractivity contribution < 1.29 is 9.50 Å². The van der Waals surface area contributed by atoms with Gasteiger partial charge < -0.3 is 5.11 Å². The van der Waals surface area contributed by atoms with Crippen molar-refractivity contribution in [2.45, 2.75) is 20.0 Å². The molecule has 13 heavy (non-hydrogen) atoms. The van der Waals surface area contributed by atoms with Gasteiger partial charge in [0.1, 0.15) is 5.82 Å². The van der Waals surface area contributed by atoms with E-state index in [1.807, 2.05) is 0 Å². The lowest BCUT2D eigenvalue weighted by molar-refractivity contribution is 0.244. The summed E-state index contributed by atoms with van der Waals surface area (Å²) in [5, 5.41) is 9.08. The molecular weight excluding hydrogens is 167 g/mol. The lowest BCUT2D eigenvalue weighted by Gasteiger charge is -2.04. The van der Waals surface area contributed by atoms with E-state index in [0.717, 1.165) is 5.57 Å². The molecule has 0 saturated carbocycles. The Balaban J connectivity index is 3.02. The minimum atomic E-state index is -0.542. The Morgan fingerprint density at radius 3 is 2.62 bits per heavy atom. The predicted molar refractivity (Wildman–Crippen MR) is 51.7 cm³/mol. The molecule has 0 radical (unpaired) electrons. The second-order valence-electron chi connectivity index (χ2n) is 3.07. The van der Waals surface area contributed by atoms with Crippen molar-refractivity contribution in [1.29, 1.82) is 0 Å². The maximum atomic E-state index is 13.2. The van der Waals surface area contributed by atoms with Crippen LogP contribution in [-0.2, 0) is 0 Å². The van der Waals surface area contributed by atoms with Gasteiger partial charge in [0.2, 0.25) is 0 Å². The van der Waals surface area contributed by atoms with E-state index in [1.54, 1.807) is 38.1 Å². The summed E-state index contributed by atoms with van der Waals surface area (Å²) in [6.45, 7) is 3.43. The Bertz CT molecular complexity index is 316. The number of aliphatic hydroxyl groups excluding tert-OH is 1. The quantitative estimate of drug-likeness (QED) is 0.741. The van der Waals surface area contributed by atoms with Crippen molar-refractivity contribution in [3.05, 3.63) is 41.7 Å². The zero-order valence-electron chi connectivity index (χ0n) is 7.79. The highest BCUT2D eigenvalue weighted by Crippen LogP contribution is 2.17. The van der Waals surface area contributed by atoms with E-state index in [4.69, 9.17) is 5.11 Å². The second kappa shape index (κ2) is 4.19. The fraction of sp³-hybridized carbons (Fsp3) is 0.273. The molecule has 70 valence electrons. The fourth-order valence-corrected chi connectivity index (χ4v) is 1.23. The van der Waals surface area contributed by atoms with Crippen LogP contribution in [-0.4, -0.2) is 11.2 Å². The van der Waals surface area contributed by atoms with Gasteiger partial charge in [0, 0.05) is 5.56 Å². The molecule has 1 N–H and O–H groups in total. The van der Waals surface area contributed by atoms with E-state index in [-0.39, 0.29) is 5.82 Å². The van der Waals surface area contributed by atoms with Crippen LogP contribution < -0.4 is 0 Å². The molecule has 1 atom stereocenters. The highest BCUT2D eigenvalue weighted by atomic mass is 19.1. The molecule has 0 spiro atoms. The van der Waals surface area contributed by atoms with E-state index in [9.17, 15) is 4.39 Å². The van der Waals surface area contributed by atoms with Gasteiger partial charge in [0.05, 0.1) is 6.10 Å². The monoisotopic (exact) mass is 180 g/mol. The molecule has 1 unspecified atom stereocenters. The summed E-state index contributed by atoms with van der Waals surface area (Å²) >= 11 is 0. The smallest absolute Gasteiger partial charge is 0.130 e. The van der Waals surface area contributed by atoms with Crippen LogP contribution in [0.1, 0.15) is 19.4 Å². The first-order chi connectivity index (χ1) is 6.11. The van der Waals surface area contributed by atoms with Crippen molar-refractivity contribution in [2.75, 3.05) is 0 Å². The van der Waals surface area contributed by atoms with E-state index in [2.05, 4.69) is 0 Å². The van der Waals surface area contributed by atoms with Crippen molar-refractivity contribution in [1.82, 2.24) is 0 Å². The number of rotatable bonds is 2. The fourth-order valence-electron chi connectivity index (χ4n) is 1.23. The van der Waals surface area contributed by atoms with Gasteiger partial charge in [-0.3, -0.25) is 0 Å². The molecule has 0 aromatic heterocycles. The normalized spacial score (nSPS) is 14.3. The topological polar surface area (TPSA) is 20.2 Å². The summed E-state index contributed by atoms with van der Waals surface area (Å²) in [7, 11) is 0. The molecule has 0 amide bonds. The summed E-state index contributed by atoms with van der Waals surface area (Å²) < 4.78 is 13.2. The van der Waals surface area contributed by atoms with E-state index < -0.39 is 6.10 Å². The first-order valence-electron chi connectivity index (χ1n) is 4.22. The highest BCUT2D eigenvalue weighted by molar-refractivity contribution is 5.64. The lowest BCUT2D eigenvalue weighted by atomic mass is 10.1. The molecule has 0 fully saturated rings. The minimum absolute atomic E-state index is 0.253. The molecule has 0 aliphatic carbocycles. The molecule has 1 nitrogen and oxygen atoms in total. The van der Waals surface area contributed by atoms with Crippen molar-refractivity contribution in [3.63, 3.8) is 0 Å². The summed E-state index contributed by atoms with van der Waals surface area (Å²) in [5.74, 6) is -0.253. The Labute approximate surface area is 77.5 Å². The molecule has 0 aliphatic heterocycles. The van der Waals surface area contributed by atoms with Gasteiger partial charge in [0.15, 0.2) is 0 Å².